The van der Waals surface area contributed by atoms with Crippen molar-refractivity contribution in [2.24, 2.45) is 5.92 Å². The maximum Gasteiger partial charge on any atom is 0.255 e. The lowest BCUT2D eigenvalue weighted by Crippen LogP contribution is -2.38. The number of hydrogen-bond donors (Lipinski definition) is 1. The number of aliphatic hydroxyl groups excluding tert-OH is 1. The Morgan fingerprint density at radius 1 is 1.38 bits per heavy atom. The van der Waals surface area contributed by atoms with Gasteiger partial charge in [-0.25, -0.2) is 4.39 Å². The first-order valence-corrected chi connectivity index (χ1v) is 7.05. The largest absolute Gasteiger partial charge is 0.395 e. The normalized spacial score (nSPS) is 11.8. The highest BCUT2D eigenvalue weighted by Crippen LogP contribution is 2.16. The Balaban J connectivity index is 3.12. The van der Waals surface area contributed by atoms with Gasteiger partial charge in [-0.05, 0) is 31.0 Å². The van der Waals surface area contributed by atoms with Crippen LogP contribution in [-0.4, -0.2) is 35.6 Å². The molecule has 3 nitrogen and oxygen atoms in total. The predicted octanol–water partition coefficient (Wildman–Crippen LogP) is 2.68. The Morgan fingerprint density at radius 3 is 2.62 bits per heavy atom. The van der Waals surface area contributed by atoms with Gasteiger partial charge in [-0.1, -0.05) is 25.7 Å². The molecule has 1 rings (SSSR count). The van der Waals surface area contributed by atoms with Crippen molar-refractivity contribution in [2.45, 2.75) is 33.2 Å². The number of rotatable bonds is 4. The molecule has 0 aliphatic rings. The first kappa shape index (κ1) is 17.2. The number of carbonyl (C=O) groups excluding carboxylic acids is 1. The molecular formula is C17H22FNO2. The minimum Gasteiger partial charge on any atom is -0.395 e. The van der Waals surface area contributed by atoms with Gasteiger partial charge in [0.25, 0.3) is 5.91 Å². The number of amides is 1. The van der Waals surface area contributed by atoms with Gasteiger partial charge < -0.3 is 10.0 Å². The van der Waals surface area contributed by atoms with Crippen LogP contribution in [0.15, 0.2) is 18.2 Å². The van der Waals surface area contributed by atoms with E-state index in [0.717, 1.165) is 0 Å². The number of halogens is 1. The highest BCUT2D eigenvalue weighted by Gasteiger charge is 2.21. The Morgan fingerprint density at radius 2 is 2.05 bits per heavy atom. The summed E-state index contributed by atoms with van der Waals surface area (Å²) in [7, 11) is 1.74. The van der Waals surface area contributed by atoms with E-state index in [9.17, 15) is 9.18 Å². The molecule has 114 valence electrons. The second-order valence-corrected chi connectivity index (χ2v) is 5.37. The van der Waals surface area contributed by atoms with Crippen LogP contribution in [0.3, 0.4) is 0 Å². The van der Waals surface area contributed by atoms with Crippen LogP contribution in [0.2, 0.25) is 0 Å². The van der Waals surface area contributed by atoms with E-state index in [1.54, 1.807) is 11.9 Å². The molecule has 1 N–H and O–H groups in total. The lowest BCUT2D eigenvalue weighted by molar-refractivity contribution is 0.0707. The van der Waals surface area contributed by atoms with Crippen molar-refractivity contribution in [2.75, 3.05) is 13.7 Å². The zero-order valence-electron chi connectivity index (χ0n) is 13.0. The zero-order valence-corrected chi connectivity index (χ0v) is 13.0. The highest BCUT2D eigenvalue weighted by atomic mass is 19.1. The minimum atomic E-state index is -0.431. The van der Waals surface area contributed by atoms with E-state index in [1.165, 1.54) is 18.2 Å². The van der Waals surface area contributed by atoms with Gasteiger partial charge in [0, 0.05) is 25.1 Å². The number of carbonyl (C=O) groups is 1. The molecule has 0 bridgehead atoms. The van der Waals surface area contributed by atoms with Crippen molar-refractivity contribution < 1.29 is 14.3 Å². The first-order chi connectivity index (χ1) is 9.88. The molecule has 0 heterocycles. The van der Waals surface area contributed by atoms with Gasteiger partial charge in [-0.15, -0.1) is 0 Å². The van der Waals surface area contributed by atoms with Crippen LogP contribution in [0.25, 0.3) is 0 Å². The molecule has 1 aromatic rings. The van der Waals surface area contributed by atoms with Crippen LogP contribution in [-0.2, 0) is 0 Å². The third-order valence-corrected chi connectivity index (χ3v) is 3.57. The summed E-state index contributed by atoms with van der Waals surface area (Å²) in [5, 5.41) is 8.75. The molecular weight excluding hydrogens is 269 g/mol. The van der Waals surface area contributed by atoms with Gasteiger partial charge in [0.2, 0.25) is 0 Å². The summed E-state index contributed by atoms with van der Waals surface area (Å²) in [6.45, 7) is 6.00. The molecule has 1 amide bonds. The Labute approximate surface area is 125 Å². The number of aliphatic hydroxyl groups is 1. The van der Waals surface area contributed by atoms with Gasteiger partial charge in [0.05, 0.1) is 12.2 Å². The number of hydrogen-bond acceptors (Lipinski definition) is 2. The minimum absolute atomic E-state index is 0.0596. The Hall–Kier alpha value is -1.86. The third kappa shape index (κ3) is 4.57. The molecule has 0 aromatic heterocycles. The summed E-state index contributed by atoms with van der Waals surface area (Å²) in [5.74, 6) is 5.20. The maximum atomic E-state index is 13.4. The average Bonchev–Trinajstić information content (AvgIpc) is 2.45. The summed E-state index contributed by atoms with van der Waals surface area (Å²) in [6, 6.07) is 4.05. The van der Waals surface area contributed by atoms with Crippen LogP contribution in [0.5, 0.6) is 0 Å². The molecule has 0 radical (unpaired) electrons. The van der Waals surface area contributed by atoms with Gasteiger partial charge in [0.15, 0.2) is 0 Å². The Bertz CT molecular complexity index is 558. The number of nitrogens with zero attached hydrogens (tertiary/aromatic N) is 1. The standard InChI is InChI=1S/C17H22FNO2/c1-12(2)13(3)19(4)17(21)16-9-8-15(18)11-14(16)7-5-6-10-20/h8-9,11-13,20H,6,10H2,1-4H3. The van der Waals surface area contributed by atoms with Crippen molar-refractivity contribution in [3.8, 4) is 11.8 Å². The van der Waals surface area contributed by atoms with Crippen LogP contribution in [0.4, 0.5) is 4.39 Å². The fraction of sp³-hybridized carbons (Fsp3) is 0.471. The summed E-state index contributed by atoms with van der Waals surface area (Å²) < 4.78 is 13.4. The van der Waals surface area contributed by atoms with E-state index in [4.69, 9.17) is 5.11 Å². The Kier molecular flexibility index (Phi) is 6.39. The molecule has 1 unspecified atom stereocenters. The van der Waals surface area contributed by atoms with Crippen LogP contribution < -0.4 is 0 Å². The first-order valence-electron chi connectivity index (χ1n) is 7.05. The van der Waals surface area contributed by atoms with Crippen LogP contribution in [0, 0.1) is 23.6 Å². The van der Waals surface area contributed by atoms with E-state index in [2.05, 4.69) is 11.8 Å². The van der Waals surface area contributed by atoms with E-state index in [-0.39, 0.29) is 18.6 Å². The highest BCUT2D eigenvalue weighted by molar-refractivity contribution is 5.96. The SMILES string of the molecule is CC(C)C(C)N(C)C(=O)c1ccc(F)cc1C#CCCO. The summed E-state index contributed by atoms with van der Waals surface area (Å²) in [6.07, 6.45) is 0.294. The molecule has 1 atom stereocenters. The van der Waals surface area contributed by atoms with Crippen molar-refractivity contribution in [1.82, 2.24) is 4.90 Å². The molecule has 0 spiro atoms. The molecule has 0 aliphatic heterocycles. The smallest absolute Gasteiger partial charge is 0.255 e. The third-order valence-electron chi connectivity index (χ3n) is 3.57. The maximum absolute atomic E-state index is 13.4. The second kappa shape index (κ2) is 7.80. The quantitative estimate of drug-likeness (QED) is 0.866. The van der Waals surface area contributed by atoms with Crippen LogP contribution in [0.1, 0.15) is 43.1 Å². The predicted molar refractivity (Wildman–Crippen MR) is 81.4 cm³/mol. The molecule has 0 saturated heterocycles. The van der Waals surface area contributed by atoms with Crippen molar-refractivity contribution >= 4 is 5.91 Å². The molecule has 21 heavy (non-hydrogen) atoms. The van der Waals surface area contributed by atoms with Crippen molar-refractivity contribution in [3.05, 3.63) is 35.1 Å². The van der Waals surface area contributed by atoms with Gasteiger partial charge in [-0.3, -0.25) is 4.79 Å². The number of benzene rings is 1. The van der Waals surface area contributed by atoms with Gasteiger partial charge in [-0.2, -0.15) is 0 Å². The molecule has 0 saturated carbocycles. The van der Waals surface area contributed by atoms with Crippen molar-refractivity contribution in [3.63, 3.8) is 0 Å². The molecule has 4 heteroatoms. The summed E-state index contributed by atoms with van der Waals surface area (Å²) in [5.41, 5.74) is 0.744. The summed E-state index contributed by atoms with van der Waals surface area (Å²) in [4.78, 5) is 14.2. The molecule has 0 aliphatic carbocycles. The van der Waals surface area contributed by atoms with E-state index < -0.39 is 5.82 Å². The van der Waals surface area contributed by atoms with Gasteiger partial charge in [0.1, 0.15) is 5.82 Å². The van der Waals surface area contributed by atoms with Crippen LogP contribution >= 0.6 is 0 Å². The molecule has 1 aromatic carbocycles. The lowest BCUT2D eigenvalue weighted by Gasteiger charge is -2.28. The molecule has 0 fully saturated rings. The monoisotopic (exact) mass is 291 g/mol. The lowest BCUT2D eigenvalue weighted by atomic mass is 10.0. The summed E-state index contributed by atoms with van der Waals surface area (Å²) >= 11 is 0. The van der Waals surface area contributed by atoms with E-state index >= 15 is 0 Å². The topological polar surface area (TPSA) is 40.5 Å². The van der Waals surface area contributed by atoms with E-state index in [1.807, 2.05) is 20.8 Å². The van der Waals surface area contributed by atoms with Crippen molar-refractivity contribution in [1.29, 1.82) is 0 Å². The fourth-order valence-electron chi connectivity index (χ4n) is 1.84. The second-order valence-electron chi connectivity index (χ2n) is 5.37. The van der Waals surface area contributed by atoms with Gasteiger partial charge >= 0.3 is 0 Å². The van der Waals surface area contributed by atoms with E-state index in [0.29, 0.717) is 23.5 Å². The fourth-order valence-corrected chi connectivity index (χ4v) is 1.84. The zero-order chi connectivity index (χ0) is 16.0. The average molecular weight is 291 g/mol.